The van der Waals surface area contributed by atoms with Crippen LogP contribution in [0.3, 0.4) is 0 Å². The van der Waals surface area contributed by atoms with Gasteiger partial charge in [-0.05, 0) is 26.0 Å². The van der Waals surface area contributed by atoms with Crippen LogP contribution in [0, 0.1) is 0 Å². The van der Waals surface area contributed by atoms with E-state index in [0.717, 1.165) is 6.42 Å². The van der Waals surface area contributed by atoms with Gasteiger partial charge in [-0.15, -0.1) is 0 Å². The zero-order chi connectivity index (χ0) is 7.61. The molecule has 0 amide bonds. The van der Waals surface area contributed by atoms with Crippen LogP contribution in [0.5, 0.6) is 0 Å². The molecule has 10 heavy (non-hydrogen) atoms. The van der Waals surface area contributed by atoms with Crippen LogP contribution in [0.2, 0.25) is 0 Å². The molecule has 1 N–H and O–H groups in total. The van der Waals surface area contributed by atoms with Gasteiger partial charge < -0.3 is 5.11 Å². The van der Waals surface area contributed by atoms with Gasteiger partial charge in [0.25, 0.3) is 0 Å². The molecule has 0 bridgehead atoms. The van der Waals surface area contributed by atoms with E-state index in [4.69, 9.17) is 0 Å². The molecule has 0 aromatic rings. The molecule has 1 aliphatic rings. The highest BCUT2D eigenvalue weighted by molar-refractivity contribution is 8.00. The van der Waals surface area contributed by atoms with Gasteiger partial charge in [0.2, 0.25) is 0 Å². The molecule has 2 heteroatoms. The summed E-state index contributed by atoms with van der Waals surface area (Å²) in [6.45, 7) is 2.17. The molecule has 0 radical (unpaired) electrons. The Morgan fingerprint density at radius 2 is 2.20 bits per heavy atom. The van der Waals surface area contributed by atoms with Gasteiger partial charge in [-0.3, -0.25) is 0 Å². The molecule has 1 aliphatic carbocycles. The largest absolute Gasteiger partial charge is 0.392 e. The van der Waals surface area contributed by atoms with Crippen molar-refractivity contribution in [3.05, 3.63) is 0 Å². The van der Waals surface area contributed by atoms with Crippen molar-refractivity contribution in [1.82, 2.24) is 0 Å². The van der Waals surface area contributed by atoms with Crippen molar-refractivity contribution in [2.24, 2.45) is 0 Å². The lowest BCUT2D eigenvalue weighted by atomic mass is 9.87. The van der Waals surface area contributed by atoms with E-state index in [1.807, 2.05) is 0 Å². The molecule has 0 heterocycles. The molecule has 0 aliphatic heterocycles. The summed E-state index contributed by atoms with van der Waals surface area (Å²) in [6, 6.07) is 0. The molecule has 0 spiro atoms. The Labute approximate surface area is 67.2 Å². The number of thioether (sulfide) groups is 1. The van der Waals surface area contributed by atoms with Gasteiger partial charge in [0.15, 0.2) is 0 Å². The number of rotatable bonds is 1. The summed E-state index contributed by atoms with van der Waals surface area (Å²) in [5.74, 6) is 0. The van der Waals surface area contributed by atoms with Crippen LogP contribution in [-0.2, 0) is 0 Å². The average Bonchev–Trinajstić information content (AvgIpc) is 1.96. The zero-order valence-electron chi connectivity index (χ0n) is 6.76. The van der Waals surface area contributed by atoms with Crippen molar-refractivity contribution in [1.29, 1.82) is 0 Å². The first-order chi connectivity index (χ1) is 4.69. The third-order valence-electron chi connectivity index (χ3n) is 2.57. The molecule has 2 atom stereocenters. The standard InChI is InChI=1S/C8H16OS/c1-8(10-2)6-4-3-5-7(8)9/h7,9H,3-6H2,1-2H3. The zero-order valence-corrected chi connectivity index (χ0v) is 7.58. The lowest BCUT2D eigenvalue weighted by Crippen LogP contribution is -2.38. The van der Waals surface area contributed by atoms with Crippen molar-refractivity contribution >= 4 is 11.8 Å². The number of hydrogen-bond donors (Lipinski definition) is 1. The van der Waals surface area contributed by atoms with E-state index in [2.05, 4.69) is 13.2 Å². The number of hydrogen-bond acceptors (Lipinski definition) is 2. The highest BCUT2D eigenvalue weighted by Gasteiger charge is 2.34. The van der Waals surface area contributed by atoms with E-state index in [9.17, 15) is 5.11 Å². The van der Waals surface area contributed by atoms with Gasteiger partial charge in [-0.2, -0.15) is 11.8 Å². The van der Waals surface area contributed by atoms with Gasteiger partial charge in [0, 0.05) is 4.75 Å². The van der Waals surface area contributed by atoms with Crippen molar-refractivity contribution in [3.63, 3.8) is 0 Å². The maximum Gasteiger partial charge on any atom is 0.0684 e. The lowest BCUT2D eigenvalue weighted by molar-refractivity contribution is 0.0984. The molecule has 0 saturated heterocycles. The predicted molar refractivity (Wildman–Crippen MR) is 46.4 cm³/mol. The van der Waals surface area contributed by atoms with Crippen LogP contribution in [0.1, 0.15) is 32.6 Å². The number of aliphatic hydroxyl groups excluding tert-OH is 1. The Hall–Kier alpha value is 0.310. The van der Waals surface area contributed by atoms with Crippen molar-refractivity contribution in [2.45, 2.75) is 43.5 Å². The minimum atomic E-state index is -0.0729. The molecule has 1 fully saturated rings. The van der Waals surface area contributed by atoms with Crippen LogP contribution >= 0.6 is 11.8 Å². The Bertz CT molecular complexity index is 116. The monoisotopic (exact) mass is 160 g/mol. The van der Waals surface area contributed by atoms with Crippen LogP contribution in [0.4, 0.5) is 0 Å². The van der Waals surface area contributed by atoms with Crippen LogP contribution in [-0.4, -0.2) is 22.2 Å². The number of aliphatic hydroxyl groups is 1. The van der Waals surface area contributed by atoms with Crippen LogP contribution in [0.15, 0.2) is 0 Å². The molecule has 1 rings (SSSR count). The Kier molecular flexibility index (Phi) is 2.64. The van der Waals surface area contributed by atoms with E-state index >= 15 is 0 Å². The smallest absolute Gasteiger partial charge is 0.0684 e. The minimum Gasteiger partial charge on any atom is -0.392 e. The maximum absolute atomic E-state index is 9.61. The summed E-state index contributed by atoms with van der Waals surface area (Å²) in [5, 5.41) is 9.61. The van der Waals surface area contributed by atoms with Gasteiger partial charge >= 0.3 is 0 Å². The lowest BCUT2D eigenvalue weighted by Gasteiger charge is -2.36. The highest BCUT2D eigenvalue weighted by atomic mass is 32.2. The van der Waals surface area contributed by atoms with Crippen molar-refractivity contribution < 1.29 is 5.11 Å². The van der Waals surface area contributed by atoms with E-state index in [-0.39, 0.29) is 10.9 Å². The Balaban J connectivity index is 2.54. The second-order valence-electron chi connectivity index (χ2n) is 3.28. The molecule has 1 saturated carbocycles. The van der Waals surface area contributed by atoms with Crippen LogP contribution < -0.4 is 0 Å². The van der Waals surface area contributed by atoms with E-state index in [0.29, 0.717) is 0 Å². The fraction of sp³-hybridized carbons (Fsp3) is 1.00. The molecule has 1 nitrogen and oxygen atoms in total. The van der Waals surface area contributed by atoms with Gasteiger partial charge in [-0.25, -0.2) is 0 Å². The first kappa shape index (κ1) is 8.41. The fourth-order valence-corrected chi connectivity index (χ4v) is 2.26. The topological polar surface area (TPSA) is 20.2 Å². The second kappa shape index (κ2) is 3.14. The van der Waals surface area contributed by atoms with E-state index in [1.54, 1.807) is 11.8 Å². The van der Waals surface area contributed by atoms with Gasteiger partial charge in [0.1, 0.15) is 0 Å². The van der Waals surface area contributed by atoms with E-state index in [1.165, 1.54) is 19.3 Å². The maximum atomic E-state index is 9.61. The first-order valence-electron chi connectivity index (χ1n) is 3.92. The quantitative estimate of drug-likeness (QED) is 0.633. The summed E-state index contributed by atoms with van der Waals surface area (Å²) in [6.07, 6.45) is 6.68. The third kappa shape index (κ3) is 1.48. The Morgan fingerprint density at radius 3 is 2.60 bits per heavy atom. The third-order valence-corrected chi connectivity index (χ3v) is 3.98. The molecule has 0 aromatic heterocycles. The average molecular weight is 160 g/mol. The molecule has 0 aromatic carbocycles. The second-order valence-corrected chi connectivity index (χ2v) is 4.62. The summed E-state index contributed by atoms with van der Waals surface area (Å²) in [5.41, 5.74) is 0. The summed E-state index contributed by atoms with van der Waals surface area (Å²) < 4.78 is 0.151. The van der Waals surface area contributed by atoms with Gasteiger partial charge in [-0.1, -0.05) is 12.8 Å². The van der Waals surface area contributed by atoms with Crippen molar-refractivity contribution in [2.75, 3.05) is 6.26 Å². The summed E-state index contributed by atoms with van der Waals surface area (Å²) in [4.78, 5) is 0. The molecular weight excluding hydrogens is 144 g/mol. The summed E-state index contributed by atoms with van der Waals surface area (Å²) >= 11 is 1.81. The predicted octanol–water partition coefficient (Wildman–Crippen LogP) is 2.04. The van der Waals surface area contributed by atoms with Crippen molar-refractivity contribution in [3.8, 4) is 0 Å². The van der Waals surface area contributed by atoms with Crippen LogP contribution in [0.25, 0.3) is 0 Å². The van der Waals surface area contributed by atoms with E-state index < -0.39 is 0 Å². The summed E-state index contributed by atoms with van der Waals surface area (Å²) in [7, 11) is 0. The minimum absolute atomic E-state index is 0.0729. The molecule has 2 unspecified atom stereocenters. The Morgan fingerprint density at radius 1 is 1.50 bits per heavy atom. The molecule has 60 valence electrons. The molecular formula is C8H16OS. The SMILES string of the molecule is CSC1(C)CCCCC1O. The first-order valence-corrected chi connectivity index (χ1v) is 5.15. The normalized spacial score (nSPS) is 41.7. The fourth-order valence-electron chi connectivity index (χ4n) is 1.52. The highest BCUT2D eigenvalue weighted by Crippen LogP contribution is 2.37. The van der Waals surface area contributed by atoms with Gasteiger partial charge in [0.05, 0.1) is 6.10 Å².